The summed E-state index contributed by atoms with van der Waals surface area (Å²) >= 11 is 1.14. The topological polar surface area (TPSA) is 46.6 Å². The highest BCUT2D eigenvalue weighted by molar-refractivity contribution is 7.20. The fourth-order valence-electron chi connectivity index (χ4n) is 2.49. The van der Waals surface area contributed by atoms with Gasteiger partial charge < -0.3 is 9.64 Å². The van der Waals surface area contributed by atoms with Crippen LogP contribution in [0.3, 0.4) is 0 Å². The number of amides is 1. The van der Waals surface area contributed by atoms with Crippen LogP contribution in [0.2, 0.25) is 0 Å². The number of nitrogens with zero attached hydrogens (tertiary/aromatic N) is 1. The number of likely N-dealkylation sites (N-methyl/N-ethyl adjacent to an activating group) is 1. The van der Waals surface area contributed by atoms with Gasteiger partial charge in [0.1, 0.15) is 10.7 Å². The van der Waals surface area contributed by atoms with E-state index in [1.165, 1.54) is 17.0 Å². The number of carbonyl (C=O) groups excluding carboxylic acids is 2. The van der Waals surface area contributed by atoms with Crippen LogP contribution in [0.25, 0.3) is 10.1 Å². The first kappa shape index (κ1) is 18.1. The minimum Gasteiger partial charge on any atom is -0.451 e. The van der Waals surface area contributed by atoms with E-state index in [1.807, 2.05) is 31.2 Å². The van der Waals surface area contributed by atoms with Crippen molar-refractivity contribution in [1.82, 2.24) is 4.90 Å². The van der Waals surface area contributed by atoms with E-state index in [4.69, 9.17) is 4.74 Å². The van der Waals surface area contributed by atoms with E-state index in [9.17, 15) is 14.0 Å². The maximum atomic E-state index is 13.7. The minimum absolute atomic E-state index is 0.277. The highest BCUT2D eigenvalue weighted by atomic mass is 32.1. The summed E-state index contributed by atoms with van der Waals surface area (Å²) in [5, 5.41) is 0.382. The lowest BCUT2D eigenvalue weighted by Crippen LogP contribution is -2.30. The molecule has 0 saturated carbocycles. The highest BCUT2D eigenvalue weighted by Gasteiger charge is 2.17. The van der Waals surface area contributed by atoms with Crippen LogP contribution in [-0.4, -0.2) is 30.4 Å². The molecule has 0 N–H and O–H groups in total. The van der Waals surface area contributed by atoms with E-state index < -0.39 is 5.97 Å². The molecule has 0 fully saturated rings. The Bertz CT molecular complexity index is 949. The predicted octanol–water partition coefficient (Wildman–Crippen LogP) is 4.16. The predicted molar refractivity (Wildman–Crippen MR) is 99.7 cm³/mol. The zero-order valence-electron chi connectivity index (χ0n) is 14.5. The molecule has 0 radical (unpaired) electrons. The number of ether oxygens (including phenoxy) is 1. The molecule has 2 aromatic carbocycles. The molecule has 26 heavy (non-hydrogen) atoms. The summed E-state index contributed by atoms with van der Waals surface area (Å²) < 4.78 is 19.5. The largest absolute Gasteiger partial charge is 0.451 e. The molecule has 6 heteroatoms. The molecular formula is C20H18FNO3S. The van der Waals surface area contributed by atoms with Gasteiger partial charge in [0, 0.05) is 23.7 Å². The zero-order valence-corrected chi connectivity index (χ0v) is 15.3. The molecule has 0 spiro atoms. The Hall–Kier alpha value is -2.73. The Morgan fingerprint density at radius 2 is 1.88 bits per heavy atom. The fraction of sp³-hybridized carbons (Fsp3) is 0.200. The van der Waals surface area contributed by atoms with E-state index in [1.54, 1.807) is 19.2 Å². The highest BCUT2D eigenvalue weighted by Crippen LogP contribution is 2.28. The quantitative estimate of drug-likeness (QED) is 0.633. The number of halogens is 1. The number of hydrogen-bond acceptors (Lipinski definition) is 4. The molecule has 0 saturated heterocycles. The third kappa shape index (κ3) is 4.08. The molecule has 1 heterocycles. The van der Waals surface area contributed by atoms with Gasteiger partial charge in [0.25, 0.3) is 5.91 Å². The van der Waals surface area contributed by atoms with Crippen molar-refractivity contribution in [3.8, 4) is 0 Å². The first-order chi connectivity index (χ1) is 12.4. The van der Waals surface area contributed by atoms with Crippen LogP contribution in [0, 0.1) is 12.7 Å². The lowest BCUT2D eigenvalue weighted by molar-refractivity contribution is -0.133. The monoisotopic (exact) mass is 371 g/mol. The summed E-state index contributed by atoms with van der Waals surface area (Å²) in [4.78, 5) is 26.1. The molecule has 0 unspecified atom stereocenters. The summed E-state index contributed by atoms with van der Waals surface area (Å²) in [5.74, 6) is -1.30. The number of fused-ring (bicyclic) bond motifs is 1. The van der Waals surface area contributed by atoms with Gasteiger partial charge in [-0.05, 0) is 30.7 Å². The Balaban J connectivity index is 1.58. The van der Waals surface area contributed by atoms with Crippen LogP contribution >= 0.6 is 11.3 Å². The smallest absolute Gasteiger partial charge is 0.348 e. The van der Waals surface area contributed by atoms with Crippen molar-refractivity contribution in [1.29, 1.82) is 0 Å². The number of esters is 1. The lowest BCUT2D eigenvalue weighted by Gasteiger charge is -2.17. The summed E-state index contributed by atoms with van der Waals surface area (Å²) in [6.45, 7) is 2.08. The van der Waals surface area contributed by atoms with Crippen LogP contribution in [0.1, 0.15) is 20.8 Å². The molecule has 0 aliphatic heterocycles. The third-order valence-electron chi connectivity index (χ3n) is 4.00. The van der Waals surface area contributed by atoms with Gasteiger partial charge in [-0.25, -0.2) is 9.18 Å². The van der Waals surface area contributed by atoms with Gasteiger partial charge in [0.2, 0.25) is 0 Å². The third-order valence-corrected chi connectivity index (χ3v) is 5.08. The van der Waals surface area contributed by atoms with Gasteiger partial charge in [-0.2, -0.15) is 0 Å². The van der Waals surface area contributed by atoms with Crippen LogP contribution in [0.15, 0.2) is 48.5 Å². The summed E-state index contributed by atoms with van der Waals surface area (Å²) in [6, 6.07) is 14.0. The van der Waals surface area contributed by atoms with Gasteiger partial charge in [0.05, 0.1) is 0 Å². The van der Waals surface area contributed by atoms with Gasteiger partial charge >= 0.3 is 5.97 Å². The molecular weight excluding hydrogens is 353 g/mol. The second-order valence-electron chi connectivity index (χ2n) is 6.07. The van der Waals surface area contributed by atoms with Crippen molar-refractivity contribution < 1.29 is 18.7 Å². The molecule has 1 amide bonds. The molecule has 0 atom stereocenters. The molecule has 4 nitrogen and oxygen atoms in total. The average molecular weight is 371 g/mol. The van der Waals surface area contributed by atoms with Gasteiger partial charge in [0.15, 0.2) is 6.61 Å². The number of benzene rings is 2. The number of carbonyl (C=O) groups is 2. The Morgan fingerprint density at radius 1 is 1.15 bits per heavy atom. The number of aryl methyl sites for hydroxylation is 1. The Morgan fingerprint density at radius 3 is 2.58 bits per heavy atom. The van der Waals surface area contributed by atoms with Gasteiger partial charge in [-0.1, -0.05) is 35.9 Å². The molecule has 1 aromatic heterocycles. The maximum Gasteiger partial charge on any atom is 0.348 e. The van der Waals surface area contributed by atoms with Crippen LogP contribution in [-0.2, 0) is 16.1 Å². The van der Waals surface area contributed by atoms with Crippen LogP contribution in [0.4, 0.5) is 4.39 Å². The van der Waals surface area contributed by atoms with E-state index in [2.05, 4.69) is 0 Å². The van der Waals surface area contributed by atoms with Crippen LogP contribution in [0.5, 0.6) is 0 Å². The summed E-state index contributed by atoms with van der Waals surface area (Å²) in [6.07, 6.45) is 0. The second-order valence-corrected chi connectivity index (χ2v) is 7.16. The van der Waals surface area contributed by atoms with Crippen molar-refractivity contribution >= 4 is 33.3 Å². The van der Waals surface area contributed by atoms with Gasteiger partial charge in [-0.3, -0.25) is 4.79 Å². The summed E-state index contributed by atoms with van der Waals surface area (Å²) in [5.41, 5.74) is 2.15. The molecule has 3 rings (SSSR count). The molecule has 0 bridgehead atoms. The molecule has 0 aliphatic rings. The number of rotatable bonds is 5. The first-order valence-corrected chi connectivity index (χ1v) is 8.90. The number of thiophene rings is 1. The molecule has 3 aromatic rings. The summed E-state index contributed by atoms with van der Waals surface area (Å²) in [7, 11) is 1.66. The first-order valence-electron chi connectivity index (χ1n) is 8.09. The average Bonchev–Trinajstić information content (AvgIpc) is 3.07. The van der Waals surface area contributed by atoms with Crippen molar-refractivity contribution in [2.45, 2.75) is 13.5 Å². The SMILES string of the molecule is Cc1ccc(CN(C)C(=O)COC(=O)c2cc3c(F)cccc3s2)cc1. The van der Waals surface area contributed by atoms with E-state index in [-0.39, 0.29) is 23.2 Å². The lowest BCUT2D eigenvalue weighted by atomic mass is 10.1. The Labute approximate surface area is 154 Å². The normalized spacial score (nSPS) is 10.7. The van der Waals surface area contributed by atoms with Crippen molar-refractivity contribution in [2.75, 3.05) is 13.7 Å². The van der Waals surface area contributed by atoms with Crippen molar-refractivity contribution in [3.63, 3.8) is 0 Å². The standard InChI is InChI=1S/C20H18FNO3S/c1-13-6-8-14(9-7-13)11-22(2)19(23)12-25-20(24)18-10-15-16(21)4-3-5-17(15)26-18/h3-10H,11-12H2,1-2H3. The zero-order chi connectivity index (χ0) is 18.7. The fourth-order valence-corrected chi connectivity index (χ4v) is 3.46. The molecule has 134 valence electrons. The number of hydrogen-bond donors (Lipinski definition) is 0. The van der Waals surface area contributed by atoms with Crippen molar-refractivity contribution in [2.24, 2.45) is 0 Å². The van der Waals surface area contributed by atoms with Gasteiger partial charge in [-0.15, -0.1) is 11.3 Å². The van der Waals surface area contributed by atoms with Crippen molar-refractivity contribution in [3.05, 3.63) is 70.4 Å². The second kappa shape index (κ2) is 7.66. The molecule has 0 aliphatic carbocycles. The Kier molecular flexibility index (Phi) is 5.32. The van der Waals surface area contributed by atoms with E-state index in [0.29, 0.717) is 16.6 Å². The minimum atomic E-state index is -0.623. The van der Waals surface area contributed by atoms with E-state index >= 15 is 0 Å². The van der Waals surface area contributed by atoms with Crippen LogP contribution < -0.4 is 0 Å². The van der Waals surface area contributed by atoms with E-state index in [0.717, 1.165) is 22.5 Å². The maximum absolute atomic E-state index is 13.7.